The zero-order valence-electron chi connectivity index (χ0n) is 21.8. The summed E-state index contributed by atoms with van der Waals surface area (Å²) in [6.07, 6.45) is -2.50. The minimum atomic E-state index is -1.23. The van der Waals surface area contributed by atoms with Gasteiger partial charge in [0.2, 0.25) is 0 Å². The molecule has 210 valence electrons. The van der Waals surface area contributed by atoms with Crippen LogP contribution in [0.3, 0.4) is 0 Å². The van der Waals surface area contributed by atoms with Crippen LogP contribution >= 0.6 is 0 Å². The molecule has 3 rings (SSSR count). The van der Waals surface area contributed by atoms with E-state index in [1.807, 2.05) is 54.6 Å². The molecule has 1 aliphatic rings. The Morgan fingerprint density at radius 2 is 1.82 bits per heavy atom. The molecule has 1 heterocycles. The second kappa shape index (κ2) is 16.3. The third-order valence-electron chi connectivity index (χ3n) is 6.16. The standard InChI is InChI=1S/C28H40N2O8/c1-20-36-19-25(32)27(38-20)26(33)24(31)17-29-15-16-35-23-12-10-21(11-13-23)7-5-6-14-30-28(34)37-18-22-8-3-2-4-9-22/h2-4,8-13,20,24-27,29,31-33H,5-7,14-19H2,1H3,(H,30,34)/t20?,24-,25+,26+,27+/m0/s1. The smallest absolute Gasteiger partial charge is 0.407 e. The number of carbonyl (C=O) groups is 1. The van der Waals surface area contributed by atoms with Gasteiger partial charge in [-0.3, -0.25) is 0 Å². The van der Waals surface area contributed by atoms with Crippen LogP contribution in [0.2, 0.25) is 0 Å². The fourth-order valence-electron chi connectivity index (χ4n) is 3.99. The van der Waals surface area contributed by atoms with E-state index in [0.717, 1.165) is 30.6 Å². The Labute approximate surface area is 223 Å². The number of benzene rings is 2. The van der Waals surface area contributed by atoms with Gasteiger partial charge in [0.15, 0.2) is 6.29 Å². The van der Waals surface area contributed by atoms with Gasteiger partial charge in [-0.2, -0.15) is 0 Å². The van der Waals surface area contributed by atoms with Gasteiger partial charge in [-0.15, -0.1) is 0 Å². The van der Waals surface area contributed by atoms with Crippen molar-refractivity contribution in [2.75, 3.05) is 32.8 Å². The molecule has 1 amide bonds. The van der Waals surface area contributed by atoms with Crippen LogP contribution < -0.4 is 15.4 Å². The van der Waals surface area contributed by atoms with Crippen LogP contribution in [0.4, 0.5) is 4.79 Å². The average Bonchev–Trinajstić information content (AvgIpc) is 2.93. The predicted octanol–water partition coefficient (Wildman–Crippen LogP) is 1.75. The Hall–Kier alpha value is -2.73. The van der Waals surface area contributed by atoms with Gasteiger partial charge < -0.3 is 44.9 Å². The number of ether oxygens (including phenoxy) is 4. The molecule has 1 fully saturated rings. The van der Waals surface area contributed by atoms with Crippen molar-refractivity contribution < 1.29 is 39.1 Å². The number of hydrogen-bond acceptors (Lipinski definition) is 9. The highest BCUT2D eigenvalue weighted by Crippen LogP contribution is 2.18. The lowest BCUT2D eigenvalue weighted by atomic mass is 10.0. The van der Waals surface area contributed by atoms with Crippen LogP contribution in [0.25, 0.3) is 0 Å². The molecule has 10 nitrogen and oxygen atoms in total. The fourth-order valence-corrected chi connectivity index (χ4v) is 3.99. The first-order chi connectivity index (χ1) is 18.4. The predicted molar refractivity (Wildman–Crippen MR) is 141 cm³/mol. The molecule has 1 aliphatic heterocycles. The van der Waals surface area contributed by atoms with Crippen molar-refractivity contribution in [1.82, 2.24) is 10.6 Å². The lowest BCUT2D eigenvalue weighted by Gasteiger charge is -2.36. The average molecular weight is 533 g/mol. The van der Waals surface area contributed by atoms with Crippen LogP contribution in [0.15, 0.2) is 54.6 Å². The number of aliphatic hydroxyl groups is 3. The number of carbonyl (C=O) groups excluding carboxylic acids is 1. The van der Waals surface area contributed by atoms with E-state index < -0.39 is 36.8 Å². The van der Waals surface area contributed by atoms with Crippen molar-refractivity contribution in [3.05, 3.63) is 65.7 Å². The Kier molecular flexibility index (Phi) is 12.8. The Balaban J connectivity index is 1.21. The molecule has 5 atom stereocenters. The minimum Gasteiger partial charge on any atom is -0.492 e. The van der Waals surface area contributed by atoms with Gasteiger partial charge in [-0.1, -0.05) is 42.5 Å². The Morgan fingerprint density at radius 3 is 2.58 bits per heavy atom. The maximum atomic E-state index is 11.8. The SMILES string of the molecule is CC1OC[C@@H](O)[C@H]([C@H](O)[C@@H](O)CNCCOc2ccc(CCCCNC(=O)OCc3ccccc3)cc2)O1. The minimum absolute atomic E-state index is 0.0545. The molecular weight excluding hydrogens is 492 g/mol. The molecule has 0 bridgehead atoms. The number of unbranched alkanes of at least 4 members (excludes halogenated alkanes) is 1. The van der Waals surface area contributed by atoms with E-state index in [1.54, 1.807) is 6.92 Å². The van der Waals surface area contributed by atoms with Crippen LogP contribution in [-0.2, 0) is 27.2 Å². The van der Waals surface area contributed by atoms with Crippen molar-refractivity contribution >= 4 is 6.09 Å². The van der Waals surface area contributed by atoms with Gasteiger partial charge >= 0.3 is 6.09 Å². The topological polar surface area (TPSA) is 139 Å². The highest BCUT2D eigenvalue weighted by atomic mass is 16.7. The van der Waals surface area contributed by atoms with Gasteiger partial charge in [0, 0.05) is 19.6 Å². The molecule has 0 saturated carbocycles. The monoisotopic (exact) mass is 532 g/mol. The van der Waals surface area contributed by atoms with Crippen LogP contribution in [0, 0.1) is 0 Å². The third-order valence-corrected chi connectivity index (χ3v) is 6.16. The summed E-state index contributed by atoms with van der Waals surface area (Å²) in [7, 11) is 0. The summed E-state index contributed by atoms with van der Waals surface area (Å²) >= 11 is 0. The summed E-state index contributed by atoms with van der Waals surface area (Å²) in [4.78, 5) is 11.8. The van der Waals surface area contributed by atoms with E-state index in [4.69, 9.17) is 18.9 Å². The van der Waals surface area contributed by atoms with Gasteiger partial charge in [-0.25, -0.2) is 4.79 Å². The number of hydrogen-bond donors (Lipinski definition) is 5. The number of aliphatic hydroxyl groups excluding tert-OH is 3. The van der Waals surface area contributed by atoms with E-state index in [1.165, 1.54) is 5.56 Å². The normalized spacial score (nSPS) is 20.9. The quantitative estimate of drug-likeness (QED) is 0.217. The summed E-state index contributed by atoms with van der Waals surface area (Å²) < 4.78 is 21.5. The maximum absolute atomic E-state index is 11.8. The molecule has 5 N–H and O–H groups in total. The second-order valence-electron chi connectivity index (χ2n) is 9.27. The molecule has 1 unspecified atom stereocenters. The van der Waals surface area contributed by atoms with Crippen LogP contribution in [0.1, 0.15) is 30.9 Å². The third kappa shape index (κ3) is 10.6. The molecule has 2 aromatic carbocycles. The largest absolute Gasteiger partial charge is 0.492 e. The number of nitrogens with one attached hydrogen (secondary N) is 2. The molecular formula is C28H40N2O8. The summed E-state index contributed by atoms with van der Waals surface area (Å²) in [5.74, 6) is 0.742. The highest BCUT2D eigenvalue weighted by molar-refractivity contribution is 5.67. The lowest BCUT2D eigenvalue weighted by molar-refractivity contribution is -0.271. The number of amides is 1. The first-order valence-corrected chi connectivity index (χ1v) is 13.1. The summed E-state index contributed by atoms with van der Waals surface area (Å²) in [5, 5.41) is 36.2. The van der Waals surface area contributed by atoms with Crippen molar-refractivity contribution in [3.8, 4) is 5.75 Å². The van der Waals surface area contributed by atoms with Crippen molar-refractivity contribution in [2.45, 2.75) is 63.5 Å². The molecule has 0 aromatic heterocycles. The van der Waals surface area contributed by atoms with E-state index in [2.05, 4.69) is 10.6 Å². The number of aryl methyl sites for hydroxylation is 1. The maximum Gasteiger partial charge on any atom is 0.407 e. The molecule has 38 heavy (non-hydrogen) atoms. The lowest BCUT2D eigenvalue weighted by Crippen LogP contribution is -2.54. The van der Waals surface area contributed by atoms with E-state index in [0.29, 0.717) is 19.7 Å². The summed E-state index contributed by atoms with van der Waals surface area (Å²) in [5.41, 5.74) is 2.14. The van der Waals surface area contributed by atoms with Crippen molar-refractivity contribution in [1.29, 1.82) is 0 Å². The Morgan fingerprint density at radius 1 is 1.05 bits per heavy atom. The zero-order valence-corrected chi connectivity index (χ0v) is 21.8. The summed E-state index contributed by atoms with van der Waals surface area (Å²) in [6.45, 7) is 3.55. The molecule has 2 aromatic rings. The first-order valence-electron chi connectivity index (χ1n) is 13.1. The molecule has 0 spiro atoms. The van der Waals surface area contributed by atoms with Gasteiger partial charge in [-0.05, 0) is 49.4 Å². The van der Waals surface area contributed by atoms with Crippen LogP contribution in [0.5, 0.6) is 5.75 Å². The number of rotatable bonds is 15. The van der Waals surface area contributed by atoms with Gasteiger partial charge in [0.1, 0.15) is 37.3 Å². The van der Waals surface area contributed by atoms with Crippen LogP contribution in [-0.4, -0.2) is 85.0 Å². The van der Waals surface area contributed by atoms with Gasteiger partial charge in [0.25, 0.3) is 0 Å². The Bertz CT molecular complexity index is 930. The second-order valence-corrected chi connectivity index (χ2v) is 9.27. The molecule has 0 radical (unpaired) electrons. The van der Waals surface area contributed by atoms with Crippen molar-refractivity contribution in [2.24, 2.45) is 0 Å². The zero-order chi connectivity index (χ0) is 27.2. The fraction of sp³-hybridized carbons (Fsp3) is 0.536. The molecule has 0 aliphatic carbocycles. The van der Waals surface area contributed by atoms with E-state index in [-0.39, 0.29) is 19.8 Å². The highest BCUT2D eigenvalue weighted by Gasteiger charge is 2.37. The first kappa shape index (κ1) is 29.8. The molecule has 1 saturated heterocycles. The molecule has 10 heteroatoms. The van der Waals surface area contributed by atoms with E-state index >= 15 is 0 Å². The summed E-state index contributed by atoms with van der Waals surface area (Å²) in [6, 6.07) is 17.4. The van der Waals surface area contributed by atoms with E-state index in [9.17, 15) is 20.1 Å². The number of alkyl carbamates (subject to hydrolysis) is 1. The van der Waals surface area contributed by atoms with Gasteiger partial charge in [0.05, 0.1) is 12.7 Å². The van der Waals surface area contributed by atoms with Crippen molar-refractivity contribution in [3.63, 3.8) is 0 Å².